The van der Waals surface area contributed by atoms with E-state index < -0.39 is 0 Å². The molecule has 0 unspecified atom stereocenters. The summed E-state index contributed by atoms with van der Waals surface area (Å²) in [6.45, 7) is 6.39. The lowest BCUT2D eigenvalue weighted by atomic mass is 9.93. The van der Waals surface area contributed by atoms with Gasteiger partial charge in [-0.05, 0) is 57.7 Å². The Labute approximate surface area is 148 Å². The molecule has 1 saturated carbocycles. The predicted molar refractivity (Wildman–Crippen MR) is 94.2 cm³/mol. The van der Waals surface area contributed by atoms with Crippen LogP contribution in [0.3, 0.4) is 0 Å². The second-order valence-electron chi connectivity index (χ2n) is 7.55. The maximum absolute atomic E-state index is 13.3. The lowest BCUT2D eigenvalue weighted by Gasteiger charge is -2.29. The maximum Gasteiger partial charge on any atom is 0.258 e. The average Bonchev–Trinajstić information content (AvgIpc) is 2.91. The van der Waals surface area contributed by atoms with Crippen LogP contribution in [0.4, 0.5) is 0 Å². The third-order valence-corrected chi connectivity index (χ3v) is 5.89. The Balaban J connectivity index is 1.63. The van der Waals surface area contributed by atoms with Gasteiger partial charge in [0.15, 0.2) is 0 Å². The van der Waals surface area contributed by atoms with Gasteiger partial charge in [-0.15, -0.1) is 0 Å². The van der Waals surface area contributed by atoms with Crippen molar-refractivity contribution in [1.29, 1.82) is 0 Å². The van der Waals surface area contributed by atoms with E-state index in [2.05, 4.69) is 10.3 Å². The summed E-state index contributed by atoms with van der Waals surface area (Å²) in [5, 5.41) is 3.43. The van der Waals surface area contributed by atoms with Gasteiger partial charge in [0.2, 0.25) is 0 Å². The van der Waals surface area contributed by atoms with E-state index in [-0.39, 0.29) is 5.91 Å². The van der Waals surface area contributed by atoms with Gasteiger partial charge in [-0.3, -0.25) is 4.79 Å². The quantitative estimate of drug-likeness (QED) is 0.927. The van der Waals surface area contributed by atoms with Crippen molar-refractivity contribution in [2.45, 2.75) is 45.7 Å². The minimum atomic E-state index is 0.0674. The molecule has 0 radical (unpaired) electrons. The minimum absolute atomic E-state index is 0.0674. The SMILES string of the molecule is Cc1cc(C(=O)N(Cc2nccn2C)[C@H]2CC23CCNCC3)c(C)o1. The summed E-state index contributed by atoms with van der Waals surface area (Å²) < 4.78 is 7.59. The van der Waals surface area contributed by atoms with Crippen molar-refractivity contribution >= 4 is 5.91 Å². The number of nitrogens with one attached hydrogen (secondary N) is 1. The Morgan fingerprint density at radius 1 is 1.44 bits per heavy atom. The van der Waals surface area contributed by atoms with Crippen LogP contribution in [0.5, 0.6) is 0 Å². The normalized spacial score (nSPS) is 21.5. The summed E-state index contributed by atoms with van der Waals surface area (Å²) in [4.78, 5) is 19.8. The number of amides is 1. The smallest absolute Gasteiger partial charge is 0.258 e. The fraction of sp³-hybridized carbons (Fsp3) is 0.579. The summed E-state index contributed by atoms with van der Waals surface area (Å²) in [5.74, 6) is 2.47. The van der Waals surface area contributed by atoms with Crippen LogP contribution in [0.1, 0.15) is 47.0 Å². The van der Waals surface area contributed by atoms with Crippen LogP contribution in [0.25, 0.3) is 0 Å². The van der Waals surface area contributed by atoms with E-state index in [0.29, 0.717) is 29.3 Å². The minimum Gasteiger partial charge on any atom is -0.466 e. The number of carbonyl (C=O) groups is 1. The number of aryl methyl sites for hydroxylation is 3. The highest BCUT2D eigenvalue weighted by Gasteiger charge is 2.58. The molecule has 2 aromatic rings. The first kappa shape index (κ1) is 16.4. The second-order valence-corrected chi connectivity index (χ2v) is 7.55. The first-order chi connectivity index (χ1) is 12.0. The van der Waals surface area contributed by atoms with Gasteiger partial charge in [0, 0.05) is 25.5 Å². The van der Waals surface area contributed by atoms with Gasteiger partial charge in [0.05, 0.1) is 12.1 Å². The summed E-state index contributed by atoms with van der Waals surface area (Å²) in [6.07, 6.45) is 7.11. The van der Waals surface area contributed by atoms with E-state index in [1.54, 1.807) is 6.20 Å². The van der Waals surface area contributed by atoms with Crippen LogP contribution in [0.15, 0.2) is 22.9 Å². The molecule has 1 spiro atoms. The molecule has 6 heteroatoms. The number of nitrogens with zero attached hydrogens (tertiary/aromatic N) is 3. The van der Waals surface area contributed by atoms with Gasteiger partial charge in [0.25, 0.3) is 5.91 Å². The molecular weight excluding hydrogens is 316 g/mol. The Hall–Kier alpha value is -2.08. The molecule has 1 N–H and O–H groups in total. The Bertz CT molecular complexity index is 785. The van der Waals surface area contributed by atoms with Gasteiger partial charge in [0.1, 0.15) is 17.3 Å². The van der Waals surface area contributed by atoms with E-state index in [1.165, 1.54) is 0 Å². The zero-order valence-corrected chi connectivity index (χ0v) is 15.2. The number of piperidine rings is 1. The molecule has 1 aliphatic carbocycles. The zero-order chi connectivity index (χ0) is 17.6. The first-order valence-corrected chi connectivity index (χ1v) is 9.05. The van der Waals surface area contributed by atoms with Crippen molar-refractivity contribution in [3.8, 4) is 0 Å². The number of rotatable bonds is 4. The van der Waals surface area contributed by atoms with Gasteiger partial charge in [-0.25, -0.2) is 4.98 Å². The molecule has 2 aromatic heterocycles. The van der Waals surface area contributed by atoms with Crippen molar-refractivity contribution < 1.29 is 9.21 Å². The van der Waals surface area contributed by atoms with E-state index >= 15 is 0 Å². The highest BCUT2D eigenvalue weighted by Crippen LogP contribution is 2.56. The van der Waals surface area contributed by atoms with Crippen LogP contribution in [0, 0.1) is 19.3 Å². The molecule has 2 aliphatic rings. The fourth-order valence-electron chi connectivity index (χ4n) is 4.25. The van der Waals surface area contributed by atoms with Crippen LogP contribution >= 0.6 is 0 Å². The van der Waals surface area contributed by atoms with Crippen molar-refractivity contribution in [2.75, 3.05) is 13.1 Å². The van der Waals surface area contributed by atoms with Crippen molar-refractivity contribution in [2.24, 2.45) is 12.5 Å². The van der Waals surface area contributed by atoms with Crippen LogP contribution < -0.4 is 5.32 Å². The number of hydrogen-bond donors (Lipinski definition) is 1. The zero-order valence-electron chi connectivity index (χ0n) is 15.2. The number of hydrogen-bond acceptors (Lipinski definition) is 4. The second kappa shape index (κ2) is 6.02. The largest absolute Gasteiger partial charge is 0.466 e. The Morgan fingerprint density at radius 3 is 2.80 bits per heavy atom. The topological polar surface area (TPSA) is 63.3 Å². The van der Waals surface area contributed by atoms with Gasteiger partial charge in [-0.1, -0.05) is 0 Å². The molecule has 1 aliphatic heterocycles. The monoisotopic (exact) mass is 342 g/mol. The average molecular weight is 342 g/mol. The van der Waals surface area contributed by atoms with Gasteiger partial charge in [-0.2, -0.15) is 0 Å². The molecule has 2 fully saturated rings. The van der Waals surface area contributed by atoms with E-state index in [0.717, 1.165) is 43.9 Å². The number of imidazole rings is 1. The fourth-order valence-corrected chi connectivity index (χ4v) is 4.25. The highest BCUT2D eigenvalue weighted by molar-refractivity contribution is 5.95. The van der Waals surface area contributed by atoms with Crippen LogP contribution in [-0.2, 0) is 13.6 Å². The number of aromatic nitrogens is 2. The Kier molecular flexibility index (Phi) is 3.95. The van der Waals surface area contributed by atoms with Crippen LogP contribution in [-0.4, -0.2) is 39.5 Å². The van der Waals surface area contributed by atoms with Gasteiger partial charge < -0.3 is 19.2 Å². The molecule has 3 heterocycles. The summed E-state index contributed by atoms with van der Waals surface area (Å²) in [5.41, 5.74) is 0.973. The molecule has 1 atom stereocenters. The van der Waals surface area contributed by atoms with Crippen molar-refractivity contribution in [3.63, 3.8) is 0 Å². The van der Waals surface area contributed by atoms with Crippen molar-refractivity contribution in [1.82, 2.24) is 19.8 Å². The molecule has 0 aromatic carbocycles. The predicted octanol–water partition coefficient (Wildman–Crippen LogP) is 2.41. The summed E-state index contributed by atoms with van der Waals surface area (Å²) in [6, 6.07) is 2.16. The molecular formula is C19H26N4O2. The van der Waals surface area contributed by atoms with E-state index in [9.17, 15) is 4.79 Å². The molecule has 25 heavy (non-hydrogen) atoms. The standard InChI is InChI=1S/C19H26N4O2/c1-13-10-15(14(2)25-13)18(24)23(12-17-21-8-9-22(17)3)16-11-19(16)4-6-20-7-5-19/h8-10,16,20H,4-7,11-12H2,1-3H3/t16-/m0/s1. The first-order valence-electron chi connectivity index (χ1n) is 9.05. The summed E-state index contributed by atoms with van der Waals surface area (Å²) in [7, 11) is 1.98. The Morgan fingerprint density at radius 2 is 2.20 bits per heavy atom. The number of carbonyl (C=O) groups excluding carboxylic acids is 1. The van der Waals surface area contributed by atoms with Crippen molar-refractivity contribution in [3.05, 3.63) is 41.4 Å². The lowest BCUT2D eigenvalue weighted by Crippen LogP contribution is -2.39. The maximum atomic E-state index is 13.3. The van der Waals surface area contributed by atoms with E-state index in [4.69, 9.17) is 4.42 Å². The molecule has 4 rings (SSSR count). The van der Waals surface area contributed by atoms with Crippen LogP contribution in [0.2, 0.25) is 0 Å². The number of furan rings is 1. The lowest BCUT2D eigenvalue weighted by molar-refractivity contribution is 0.0683. The highest BCUT2D eigenvalue weighted by atomic mass is 16.3. The third-order valence-electron chi connectivity index (χ3n) is 5.89. The molecule has 1 saturated heterocycles. The van der Waals surface area contributed by atoms with E-state index in [1.807, 2.05) is 42.6 Å². The molecule has 0 bridgehead atoms. The third kappa shape index (κ3) is 2.88. The molecule has 134 valence electrons. The summed E-state index contributed by atoms with van der Waals surface area (Å²) >= 11 is 0. The van der Waals surface area contributed by atoms with Gasteiger partial charge >= 0.3 is 0 Å². The molecule has 1 amide bonds. The molecule has 6 nitrogen and oxygen atoms in total.